The van der Waals surface area contributed by atoms with Gasteiger partial charge in [0.1, 0.15) is 0 Å². The molecule has 0 amide bonds. The Morgan fingerprint density at radius 2 is 1.89 bits per heavy atom. The van der Waals surface area contributed by atoms with E-state index in [1.807, 2.05) is 12.1 Å². The first-order valence-electron chi connectivity index (χ1n) is 6.53. The second kappa shape index (κ2) is 5.87. The molecule has 0 spiro atoms. The molecule has 2 atom stereocenters. The van der Waals surface area contributed by atoms with Crippen LogP contribution in [-0.2, 0) is 9.53 Å². The van der Waals surface area contributed by atoms with Crippen LogP contribution in [0.1, 0.15) is 47.5 Å². The molecular formula is C15H18O4. The number of methoxy groups -OCH3 is 1. The van der Waals surface area contributed by atoms with Crippen molar-refractivity contribution in [2.75, 3.05) is 7.11 Å². The molecule has 1 saturated carbocycles. The molecule has 0 aliphatic heterocycles. The third-order valence-corrected chi connectivity index (χ3v) is 3.83. The normalized spacial score (nSPS) is 22.8. The number of carboxylic acid groups (broad SMARTS) is 1. The maximum absolute atomic E-state index is 11.3. The van der Waals surface area contributed by atoms with E-state index in [-0.39, 0.29) is 17.8 Å². The van der Waals surface area contributed by atoms with Gasteiger partial charge in [0.05, 0.1) is 18.6 Å². The highest BCUT2D eigenvalue weighted by Crippen LogP contribution is 2.36. The average molecular weight is 262 g/mol. The summed E-state index contributed by atoms with van der Waals surface area (Å²) >= 11 is 0. The van der Waals surface area contributed by atoms with Gasteiger partial charge in [-0.05, 0) is 42.9 Å². The molecule has 1 aliphatic rings. The zero-order chi connectivity index (χ0) is 13.8. The second-order valence-corrected chi connectivity index (χ2v) is 5.01. The summed E-state index contributed by atoms with van der Waals surface area (Å²) in [6.45, 7) is 0. The van der Waals surface area contributed by atoms with Crippen LogP contribution in [0, 0.1) is 5.92 Å². The topological polar surface area (TPSA) is 63.6 Å². The van der Waals surface area contributed by atoms with Gasteiger partial charge in [0.2, 0.25) is 0 Å². The molecule has 0 heterocycles. The van der Waals surface area contributed by atoms with Crippen LogP contribution in [0.15, 0.2) is 24.3 Å². The zero-order valence-electron chi connectivity index (χ0n) is 11.0. The second-order valence-electron chi connectivity index (χ2n) is 5.01. The van der Waals surface area contributed by atoms with Crippen molar-refractivity contribution in [2.24, 2.45) is 5.92 Å². The first kappa shape index (κ1) is 13.6. The van der Waals surface area contributed by atoms with Gasteiger partial charge in [0.15, 0.2) is 0 Å². The van der Waals surface area contributed by atoms with E-state index in [1.54, 1.807) is 12.1 Å². The smallest absolute Gasteiger partial charge is 0.337 e. The van der Waals surface area contributed by atoms with E-state index >= 15 is 0 Å². The molecule has 0 saturated heterocycles. The Kier molecular flexibility index (Phi) is 4.20. The molecule has 1 aromatic carbocycles. The maximum Gasteiger partial charge on any atom is 0.337 e. The van der Waals surface area contributed by atoms with E-state index in [1.165, 1.54) is 7.11 Å². The number of ether oxygens (including phenoxy) is 1. The lowest BCUT2D eigenvalue weighted by atomic mass is 9.78. The Labute approximate surface area is 112 Å². The highest BCUT2D eigenvalue weighted by molar-refractivity contribution is 5.89. The maximum atomic E-state index is 11.3. The van der Waals surface area contributed by atoms with Gasteiger partial charge in [0.25, 0.3) is 0 Å². The SMILES string of the molecule is COC(=O)c1ccc(C2CCCC(C(=O)O)C2)cc1. The summed E-state index contributed by atoms with van der Waals surface area (Å²) in [4.78, 5) is 22.4. The van der Waals surface area contributed by atoms with Crippen LogP contribution in [0.4, 0.5) is 0 Å². The number of hydrogen-bond donors (Lipinski definition) is 1. The largest absolute Gasteiger partial charge is 0.481 e. The lowest BCUT2D eigenvalue weighted by Gasteiger charge is -2.27. The van der Waals surface area contributed by atoms with Gasteiger partial charge in [-0.15, -0.1) is 0 Å². The number of carbonyl (C=O) groups excluding carboxylic acids is 1. The van der Waals surface area contributed by atoms with Crippen molar-refractivity contribution in [3.8, 4) is 0 Å². The third-order valence-electron chi connectivity index (χ3n) is 3.83. The molecule has 19 heavy (non-hydrogen) atoms. The minimum atomic E-state index is -0.698. The molecular weight excluding hydrogens is 244 g/mol. The molecule has 0 radical (unpaired) electrons. The van der Waals surface area contributed by atoms with E-state index in [0.717, 1.165) is 24.8 Å². The van der Waals surface area contributed by atoms with Crippen molar-refractivity contribution in [1.29, 1.82) is 0 Å². The number of rotatable bonds is 3. The van der Waals surface area contributed by atoms with E-state index < -0.39 is 5.97 Å². The average Bonchev–Trinajstić information content (AvgIpc) is 2.46. The number of benzene rings is 1. The van der Waals surface area contributed by atoms with E-state index in [2.05, 4.69) is 4.74 Å². The summed E-state index contributed by atoms with van der Waals surface area (Å²) < 4.78 is 4.65. The molecule has 1 N–H and O–H groups in total. The fourth-order valence-electron chi connectivity index (χ4n) is 2.73. The Balaban J connectivity index is 2.09. The van der Waals surface area contributed by atoms with Gasteiger partial charge in [-0.2, -0.15) is 0 Å². The van der Waals surface area contributed by atoms with Gasteiger partial charge >= 0.3 is 11.9 Å². The predicted octanol–water partition coefficient (Wildman–Crippen LogP) is 2.83. The molecule has 1 fully saturated rings. The molecule has 2 rings (SSSR count). The van der Waals surface area contributed by atoms with Crippen LogP contribution in [-0.4, -0.2) is 24.2 Å². The fraction of sp³-hybridized carbons (Fsp3) is 0.467. The molecule has 2 unspecified atom stereocenters. The van der Waals surface area contributed by atoms with Crippen molar-refractivity contribution in [3.05, 3.63) is 35.4 Å². The van der Waals surface area contributed by atoms with Crippen molar-refractivity contribution in [1.82, 2.24) is 0 Å². The number of carboxylic acids is 1. The van der Waals surface area contributed by atoms with E-state index in [9.17, 15) is 9.59 Å². The summed E-state index contributed by atoms with van der Waals surface area (Å²) in [5.41, 5.74) is 1.63. The number of hydrogen-bond acceptors (Lipinski definition) is 3. The molecule has 1 aliphatic carbocycles. The number of carbonyl (C=O) groups is 2. The molecule has 1 aromatic rings. The third kappa shape index (κ3) is 3.13. The molecule has 0 aromatic heterocycles. The fourth-order valence-corrected chi connectivity index (χ4v) is 2.73. The van der Waals surface area contributed by atoms with Gasteiger partial charge in [-0.3, -0.25) is 4.79 Å². The standard InChI is InChI=1S/C15H18O4/c1-19-15(18)11-7-5-10(6-8-11)12-3-2-4-13(9-12)14(16)17/h5-8,12-13H,2-4,9H2,1H3,(H,16,17). The predicted molar refractivity (Wildman–Crippen MR) is 70.1 cm³/mol. The van der Waals surface area contributed by atoms with E-state index in [4.69, 9.17) is 5.11 Å². The highest BCUT2D eigenvalue weighted by atomic mass is 16.5. The van der Waals surface area contributed by atoms with E-state index in [0.29, 0.717) is 12.0 Å². The van der Waals surface area contributed by atoms with Gasteiger partial charge in [0, 0.05) is 0 Å². The van der Waals surface area contributed by atoms with Gasteiger partial charge < -0.3 is 9.84 Å². The van der Waals surface area contributed by atoms with Crippen LogP contribution in [0.5, 0.6) is 0 Å². The van der Waals surface area contributed by atoms with Crippen molar-refractivity contribution in [2.45, 2.75) is 31.6 Å². The summed E-state index contributed by atoms with van der Waals surface area (Å²) in [6, 6.07) is 7.29. The van der Waals surface area contributed by atoms with Crippen LogP contribution < -0.4 is 0 Å². The van der Waals surface area contributed by atoms with Crippen LogP contribution in [0.25, 0.3) is 0 Å². The highest BCUT2D eigenvalue weighted by Gasteiger charge is 2.27. The van der Waals surface area contributed by atoms with Crippen LogP contribution in [0.2, 0.25) is 0 Å². The Morgan fingerprint density at radius 3 is 2.47 bits per heavy atom. The molecule has 4 heteroatoms. The van der Waals surface area contributed by atoms with Crippen molar-refractivity contribution in [3.63, 3.8) is 0 Å². The Hall–Kier alpha value is -1.84. The Morgan fingerprint density at radius 1 is 1.21 bits per heavy atom. The van der Waals surface area contributed by atoms with Crippen molar-refractivity contribution < 1.29 is 19.4 Å². The van der Waals surface area contributed by atoms with Crippen molar-refractivity contribution >= 4 is 11.9 Å². The van der Waals surface area contributed by atoms with Gasteiger partial charge in [-0.1, -0.05) is 18.6 Å². The Bertz CT molecular complexity index is 464. The summed E-state index contributed by atoms with van der Waals surface area (Å²) in [5.74, 6) is -1.00. The summed E-state index contributed by atoms with van der Waals surface area (Å²) in [5, 5.41) is 9.09. The monoisotopic (exact) mass is 262 g/mol. The zero-order valence-corrected chi connectivity index (χ0v) is 11.0. The van der Waals surface area contributed by atoms with Crippen LogP contribution in [0.3, 0.4) is 0 Å². The van der Waals surface area contributed by atoms with Crippen LogP contribution >= 0.6 is 0 Å². The summed E-state index contributed by atoms with van der Waals surface area (Å²) in [7, 11) is 1.36. The minimum Gasteiger partial charge on any atom is -0.481 e. The minimum absolute atomic E-state index is 0.237. The number of esters is 1. The first-order chi connectivity index (χ1) is 9.11. The van der Waals surface area contributed by atoms with Gasteiger partial charge in [-0.25, -0.2) is 4.79 Å². The quantitative estimate of drug-likeness (QED) is 0.851. The molecule has 102 valence electrons. The lowest BCUT2D eigenvalue weighted by Crippen LogP contribution is -2.21. The first-order valence-corrected chi connectivity index (χ1v) is 6.53. The molecule has 0 bridgehead atoms. The summed E-state index contributed by atoms with van der Waals surface area (Å²) in [6.07, 6.45) is 3.42. The number of aliphatic carboxylic acids is 1. The lowest BCUT2D eigenvalue weighted by molar-refractivity contribution is -0.142. The molecule has 4 nitrogen and oxygen atoms in total.